The molecule has 2 aromatic heterocycles. The molecule has 0 saturated carbocycles. The van der Waals surface area contributed by atoms with Crippen molar-refractivity contribution in [2.45, 2.75) is 26.0 Å². The number of pyridine rings is 1. The van der Waals surface area contributed by atoms with Crippen molar-refractivity contribution < 1.29 is 4.74 Å². The van der Waals surface area contributed by atoms with Gasteiger partial charge in [0.2, 0.25) is 0 Å². The van der Waals surface area contributed by atoms with Crippen molar-refractivity contribution in [3.63, 3.8) is 0 Å². The van der Waals surface area contributed by atoms with E-state index in [1.54, 1.807) is 12.4 Å². The van der Waals surface area contributed by atoms with Gasteiger partial charge in [0.05, 0.1) is 18.8 Å². The van der Waals surface area contributed by atoms with E-state index in [4.69, 9.17) is 4.74 Å². The van der Waals surface area contributed by atoms with Gasteiger partial charge in [-0.25, -0.2) is 9.97 Å². The molecule has 0 spiro atoms. The average molecular weight is 313 g/mol. The summed E-state index contributed by atoms with van der Waals surface area (Å²) in [5.41, 5.74) is 1.84. The monoisotopic (exact) mass is 313 g/mol. The van der Waals surface area contributed by atoms with E-state index in [9.17, 15) is 0 Å². The van der Waals surface area contributed by atoms with Gasteiger partial charge in [0, 0.05) is 42.8 Å². The Bertz CT molecular complexity index is 649. The fraction of sp³-hybridized carbons (Fsp3) is 0.471. The first-order valence-corrected chi connectivity index (χ1v) is 7.94. The Hall–Kier alpha value is -2.05. The zero-order chi connectivity index (χ0) is 16.2. The number of aromatic nitrogens is 3. The molecule has 1 N–H and O–H groups in total. The lowest BCUT2D eigenvalue weighted by Crippen LogP contribution is -2.47. The second kappa shape index (κ2) is 7.02. The summed E-state index contributed by atoms with van der Waals surface area (Å²) in [5.74, 6) is 1.51. The van der Waals surface area contributed by atoms with Crippen molar-refractivity contribution >= 4 is 5.82 Å². The highest BCUT2D eigenvalue weighted by molar-refractivity contribution is 5.56. The van der Waals surface area contributed by atoms with Crippen molar-refractivity contribution in [3.05, 3.63) is 36.3 Å². The Morgan fingerprint density at radius 1 is 1.39 bits per heavy atom. The summed E-state index contributed by atoms with van der Waals surface area (Å²) in [6, 6.07) is 5.99. The van der Waals surface area contributed by atoms with E-state index < -0.39 is 0 Å². The maximum Gasteiger partial charge on any atom is 0.163 e. The van der Waals surface area contributed by atoms with Crippen molar-refractivity contribution in [2.75, 3.05) is 32.1 Å². The van der Waals surface area contributed by atoms with Gasteiger partial charge in [-0.1, -0.05) is 0 Å². The van der Waals surface area contributed by atoms with Crippen LogP contribution in [0.25, 0.3) is 11.4 Å². The number of hydrogen-bond acceptors (Lipinski definition) is 6. The molecule has 1 fully saturated rings. The molecule has 1 aliphatic heterocycles. The van der Waals surface area contributed by atoms with E-state index >= 15 is 0 Å². The molecule has 23 heavy (non-hydrogen) atoms. The van der Waals surface area contributed by atoms with Crippen LogP contribution in [0.1, 0.15) is 12.6 Å². The summed E-state index contributed by atoms with van der Waals surface area (Å²) < 4.78 is 5.87. The summed E-state index contributed by atoms with van der Waals surface area (Å²) >= 11 is 0. The van der Waals surface area contributed by atoms with E-state index in [1.165, 1.54) is 0 Å². The van der Waals surface area contributed by atoms with E-state index in [-0.39, 0.29) is 12.1 Å². The van der Waals surface area contributed by atoms with Crippen LogP contribution in [0, 0.1) is 6.92 Å². The van der Waals surface area contributed by atoms with Gasteiger partial charge in [-0.05, 0) is 33.0 Å². The number of ether oxygens (including phenoxy) is 1. The second-order valence-corrected chi connectivity index (χ2v) is 6.06. The fourth-order valence-corrected chi connectivity index (χ4v) is 2.71. The molecule has 3 rings (SSSR count). The third kappa shape index (κ3) is 4.03. The van der Waals surface area contributed by atoms with Crippen LogP contribution in [-0.2, 0) is 4.74 Å². The SMILES string of the molecule is Cc1cc(NC(C)C2CN(C)CCO2)nc(-c2cccnc2)n1. The van der Waals surface area contributed by atoms with Crippen LogP contribution in [0.4, 0.5) is 5.82 Å². The summed E-state index contributed by atoms with van der Waals surface area (Å²) in [7, 11) is 2.12. The maximum atomic E-state index is 5.87. The minimum atomic E-state index is 0.158. The van der Waals surface area contributed by atoms with Crippen LogP contribution in [0.5, 0.6) is 0 Å². The number of hydrogen-bond donors (Lipinski definition) is 1. The number of likely N-dealkylation sites (N-methyl/N-ethyl adjacent to an activating group) is 1. The highest BCUT2D eigenvalue weighted by Crippen LogP contribution is 2.18. The number of rotatable bonds is 4. The van der Waals surface area contributed by atoms with Gasteiger partial charge in [-0.2, -0.15) is 0 Å². The van der Waals surface area contributed by atoms with Crippen LogP contribution in [0.3, 0.4) is 0 Å². The molecule has 1 aliphatic rings. The van der Waals surface area contributed by atoms with Crippen LogP contribution in [-0.4, -0.2) is 58.7 Å². The highest BCUT2D eigenvalue weighted by Gasteiger charge is 2.24. The molecule has 3 heterocycles. The number of aryl methyl sites for hydroxylation is 1. The zero-order valence-electron chi connectivity index (χ0n) is 13.9. The first-order valence-electron chi connectivity index (χ1n) is 7.94. The van der Waals surface area contributed by atoms with E-state index in [2.05, 4.69) is 39.1 Å². The van der Waals surface area contributed by atoms with Gasteiger partial charge in [0.1, 0.15) is 5.82 Å². The third-order valence-electron chi connectivity index (χ3n) is 4.00. The lowest BCUT2D eigenvalue weighted by atomic mass is 10.1. The van der Waals surface area contributed by atoms with Crippen LogP contribution >= 0.6 is 0 Å². The molecule has 2 atom stereocenters. The van der Waals surface area contributed by atoms with Crippen LogP contribution < -0.4 is 5.32 Å². The Kier molecular flexibility index (Phi) is 4.83. The van der Waals surface area contributed by atoms with Crippen molar-refractivity contribution in [2.24, 2.45) is 0 Å². The van der Waals surface area contributed by atoms with E-state index in [1.807, 2.05) is 25.1 Å². The maximum absolute atomic E-state index is 5.87. The van der Waals surface area contributed by atoms with Gasteiger partial charge >= 0.3 is 0 Å². The van der Waals surface area contributed by atoms with Gasteiger partial charge in [-0.3, -0.25) is 4.98 Å². The molecule has 0 aliphatic carbocycles. The number of morpholine rings is 1. The summed E-state index contributed by atoms with van der Waals surface area (Å²) in [4.78, 5) is 15.6. The first-order chi connectivity index (χ1) is 11.1. The molecule has 122 valence electrons. The number of nitrogens with one attached hydrogen (secondary N) is 1. The molecule has 0 aromatic carbocycles. The second-order valence-electron chi connectivity index (χ2n) is 6.06. The normalized spacial score (nSPS) is 20.2. The standard InChI is InChI=1S/C17H23N5O/c1-12-9-16(20-13(2)15-11-22(3)7-8-23-15)21-17(19-12)14-5-4-6-18-10-14/h4-6,9-10,13,15H,7-8,11H2,1-3H3,(H,19,20,21). The minimum absolute atomic E-state index is 0.158. The van der Waals surface area contributed by atoms with Gasteiger partial charge in [0.15, 0.2) is 5.82 Å². The van der Waals surface area contributed by atoms with Crippen molar-refractivity contribution in [1.82, 2.24) is 19.9 Å². The van der Waals surface area contributed by atoms with Gasteiger partial charge in [-0.15, -0.1) is 0 Å². The van der Waals surface area contributed by atoms with Crippen LogP contribution in [0.2, 0.25) is 0 Å². The Morgan fingerprint density at radius 3 is 3.00 bits per heavy atom. The molecule has 0 amide bonds. The summed E-state index contributed by atoms with van der Waals surface area (Å²) in [6.07, 6.45) is 3.68. The molecular weight excluding hydrogens is 290 g/mol. The predicted molar refractivity (Wildman–Crippen MR) is 90.3 cm³/mol. The molecule has 6 heteroatoms. The molecule has 0 radical (unpaired) electrons. The lowest BCUT2D eigenvalue weighted by Gasteiger charge is -2.34. The van der Waals surface area contributed by atoms with Crippen LogP contribution in [0.15, 0.2) is 30.6 Å². The highest BCUT2D eigenvalue weighted by atomic mass is 16.5. The molecule has 2 unspecified atom stereocenters. The van der Waals surface area contributed by atoms with Gasteiger partial charge in [0.25, 0.3) is 0 Å². The van der Waals surface area contributed by atoms with Crippen molar-refractivity contribution in [1.29, 1.82) is 0 Å². The predicted octanol–water partition coefficient (Wildman–Crippen LogP) is 1.98. The smallest absolute Gasteiger partial charge is 0.163 e. The molecular formula is C17H23N5O. The Labute approximate surface area is 136 Å². The van der Waals surface area contributed by atoms with Crippen molar-refractivity contribution in [3.8, 4) is 11.4 Å². The fourth-order valence-electron chi connectivity index (χ4n) is 2.71. The topological polar surface area (TPSA) is 63.2 Å². The Morgan fingerprint density at radius 2 is 2.26 bits per heavy atom. The number of nitrogens with zero attached hydrogens (tertiary/aromatic N) is 4. The summed E-state index contributed by atoms with van der Waals surface area (Å²) in [5, 5.41) is 3.46. The zero-order valence-corrected chi connectivity index (χ0v) is 13.9. The lowest BCUT2D eigenvalue weighted by molar-refractivity contribution is -0.0259. The minimum Gasteiger partial charge on any atom is -0.373 e. The molecule has 2 aromatic rings. The largest absolute Gasteiger partial charge is 0.373 e. The Balaban J connectivity index is 1.76. The van der Waals surface area contributed by atoms with E-state index in [0.717, 1.165) is 36.8 Å². The first kappa shape index (κ1) is 15.8. The number of anilines is 1. The summed E-state index contributed by atoms with van der Waals surface area (Å²) in [6.45, 7) is 6.79. The van der Waals surface area contributed by atoms with E-state index in [0.29, 0.717) is 5.82 Å². The molecule has 0 bridgehead atoms. The third-order valence-corrected chi connectivity index (χ3v) is 4.00. The van der Waals surface area contributed by atoms with Gasteiger partial charge < -0.3 is 15.0 Å². The quantitative estimate of drug-likeness (QED) is 0.931. The average Bonchev–Trinajstić information content (AvgIpc) is 2.55. The molecule has 6 nitrogen and oxygen atoms in total. The molecule has 1 saturated heterocycles.